The van der Waals surface area contributed by atoms with Gasteiger partial charge in [-0.25, -0.2) is 4.39 Å². The predicted octanol–water partition coefficient (Wildman–Crippen LogP) is 5.67. The Morgan fingerprint density at radius 1 is 1.05 bits per heavy atom. The first-order chi connectivity index (χ1) is 10.5. The molecule has 1 unspecified atom stereocenters. The maximum Gasteiger partial charge on any atom is 0.165 e. The van der Waals surface area contributed by atoms with Crippen LogP contribution in [0.3, 0.4) is 0 Å². The Morgan fingerprint density at radius 2 is 1.82 bits per heavy atom. The zero-order valence-electron chi connectivity index (χ0n) is 13.2. The molecular weight excluding hydrogens is 271 g/mol. The van der Waals surface area contributed by atoms with Crippen LogP contribution < -0.4 is 0 Å². The number of halogens is 1. The first-order valence-electron chi connectivity index (χ1n) is 7.78. The molecule has 0 spiro atoms. The number of alkyl halides is 1. The summed E-state index contributed by atoms with van der Waals surface area (Å²) in [6.45, 7) is 6.18. The first kappa shape index (κ1) is 13.5. The summed E-state index contributed by atoms with van der Waals surface area (Å²) in [7, 11) is 0. The van der Waals surface area contributed by atoms with Crippen LogP contribution in [-0.4, -0.2) is 5.67 Å². The molecule has 22 heavy (non-hydrogen) atoms. The SMILES string of the molecule is CC1=Cc2ccccc2[C@@H]1C1(F)C=CC=C2C1=CC(C)=C2C. The van der Waals surface area contributed by atoms with Crippen molar-refractivity contribution >= 4 is 6.08 Å². The lowest BCUT2D eigenvalue weighted by Gasteiger charge is -2.35. The minimum Gasteiger partial charge on any atom is -0.233 e. The molecule has 0 radical (unpaired) electrons. The van der Waals surface area contributed by atoms with Crippen LogP contribution >= 0.6 is 0 Å². The van der Waals surface area contributed by atoms with Crippen LogP contribution in [-0.2, 0) is 0 Å². The van der Waals surface area contributed by atoms with E-state index in [4.69, 9.17) is 0 Å². The van der Waals surface area contributed by atoms with Gasteiger partial charge in [0.1, 0.15) is 0 Å². The van der Waals surface area contributed by atoms with Gasteiger partial charge < -0.3 is 0 Å². The second kappa shape index (κ2) is 4.42. The van der Waals surface area contributed by atoms with Crippen LogP contribution in [0.4, 0.5) is 4.39 Å². The van der Waals surface area contributed by atoms with Gasteiger partial charge >= 0.3 is 0 Å². The van der Waals surface area contributed by atoms with E-state index in [-0.39, 0.29) is 5.92 Å². The quantitative estimate of drug-likeness (QED) is 0.625. The molecule has 3 aliphatic carbocycles. The van der Waals surface area contributed by atoms with Gasteiger partial charge in [0.05, 0.1) is 0 Å². The molecule has 0 nitrogen and oxygen atoms in total. The van der Waals surface area contributed by atoms with Crippen LogP contribution in [0.15, 0.2) is 76.4 Å². The molecule has 0 N–H and O–H groups in total. The van der Waals surface area contributed by atoms with E-state index in [1.165, 1.54) is 11.1 Å². The molecule has 0 aromatic heterocycles. The molecule has 0 aliphatic heterocycles. The lowest BCUT2D eigenvalue weighted by Crippen LogP contribution is -2.33. The van der Waals surface area contributed by atoms with E-state index in [0.29, 0.717) is 0 Å². The molecule has 0 amide bonds. The van der Waals surface area contributed by atoms with Crippen LogP contribution in [0, 0.1) is 0 Å². The fourth-order valence-electron chi connectivity index (χ4n) is 4.01. The fourth-order valence-corrected chi connectivity index (χ4v) is 4.01. The van der Waals surface area contributed by atoms with Gasteiger partial charge in [-0.05, 0) is 54.7 Å². The fraction of sp³-hybridized carbons (Fsp3) is 0.238. The van der Waals surface area contributed by atoms with E-state index in [9.17, 15) is 0 Å². The van der Waals surface area contributed by atoms with Crippen LogP contribution in [0.25, 0.3) is 6.08 Å². The minimum absolute atomic E-state index is 0.228. The Balaban J connectivity index is 1.88. The van der Waals surface area contributed by atoms with Gasteiger partial charge in [0, 0.05) is 11.5 Å². The van der Waals surface area contributed by atoms with Crippen molar-refractivity contribution < 1.29 is 4.39 Å². The number of allylic oxidation sites excluding steroid dienone is 9. The van der Waals surface area contributed by atoms with Crippen molar-refractivity contribution in [3.05, 3.63) is 87.6 Å². The highest BCUT2D eigenvalue weighted by Gasteiger charge is 2.47. The molecule has 4 rings (SSSR count). The summed E-state index contributed by atoms with van der Waals surface area (Å²) in [5, 5.41) is 0. The first-order valence-corrected chi connectivity index (χ1v) is 7.78. The summed E-state index contributed by atoms with van der Waals surface area (Å²) in [5.74, 6) is -0.228. The standard InChI is InChI=1S/C21H19F/c1-13-12-19-17(15(13)3)9-6-10-21(19,22)20-14(2)11-16-7-4-5-8-18(16)20/h4-12,20H,1-3H3/t20-,21?/m1/s1. The summed E-state index contributed by atoms with van der Waals surface area (Å²) < 4.78 is 16.2. The van der Waals surface area contributed by atoms with Crippen molar-refractivity contribution in [1.82, 2.24) is 0 Å². The molecule has 0 saturated heterocycles. The third-order valence-electron chi connectivity index (χ3n) is 5.23. The van der Waals surface area contributed by atoms with Crippen LogP contribution in [0.1, 0.15) is 37.8 Å². The minimum atomic E-state index is -1.46. The molecule has 3 aliphatic rings. The van der Waals surface area contributed by atoms with Crippen LogP contribution in [0.5, 0.6) is 0 Å². The number of hydrogen-bond donors (Lipinski definition) is 0. The van der Waals surface area contributed by atoms with Gasteiger partial charge in [-0.2, -0.15) is 0 Å². The monoisotopic (exact) mass is 290 g/mol. The van der Waals surface area contributed by atoms with E-state index in [2.05, 4.69) is 32.1 Å². The third-order valence-corrected chi connectivity index (χ3v) is 5.23. The summed E-state index contributed by atoms with van der Waals surface area (Å²) in [6.07, 6.45) is 9.80. The molecule has 0 saturated carbocycles. The highest BCUT2D eigenvalue weighted by atomic mass is 19.1. The highest BCUT2D eigenvalue weighted by Crippen LogP contribution is 2.54. The topological polar surface area (TPSA) is 0 Å². The van der Waals surface area contributed by atoms with Gasteiger partial charge in [-0.1, -0.05) is 54.1 Å². The Morgan fingerprint density at radius 3 is 2.64 bits per heavy atom. The largest absolute Gasteiger partial charge is 0.233 e. The van der Waals surface area contributed by atoms with Crippen molar-refractivity contribution in [2.75, 3.05) is 0 Å². The number of benzene rings is 1. The Hall–Kier alpha value is -2.15. The molecule has 0 heterocycles. The molecule has 0 fully saturated rings. The smallest absolute Gasteiger partial charge is 0.165 e. The van der Waals surface area contributed by atoms with E-state index in [1.807, 2.05) is 37.3 Å². The maximum atomic E-state index is 16.2. The Bertz CT molecular complexity index is 829. The van der Waals surface area contributed by atoms with E-state index >= 15 is 4.39 Å². The summed E-state index contributed by atoms with van der Waals surface area (Å²) in [6, 6.07) is 8.15. The van der Waals surface area contributed by atoms with Crippen molar-refractivity contribution in [2.24, 2.45) is 0 Å². The third kappa shape index (κ3) is 1.62. The lowest BCUT2D eigenvalue weighted by molar-refractivity contribution is 0.252. The predicted molar refractivity (Wildman–Crippen MR) is 90.4 cm³/mol. The Kier molecular flexibility index (Phi) is 2.72. The Labute approximate surface area is 131 Å². The molecular formula is C21H19F. The molecule has 110 valence electrons. The summed E-state index contributed by atoms with van der Waals surface area (Å²) >= 11 is 0. The normalized spacial score (nSPS) is 29.1. The number of hydrogen-bond acceptors (Lipinski definition) is 0. The van der Waals surface area contributed by atoms with Gasteiger partial charge in [0.25, 0.3) is 0 Å². The molecule has 0 bridgehead atoms. The summed E-state index contributed by atoms with van der Waals surface area (Å²) in [5.41, 5.74) is 6.10. The molecule has 1 heteroatoms. The van der Waals surface area contributed by atoms with E-state index in [1.54, 1.807) is 6.08 Å². The van der Waals surface area contributed by atoms with Crippen molar-refractivity contribution in [2.45, 2.75) is 32.4 Å². The molecule has 2 atom stereocenters. The van der Waals surface area contributed by atoms with Crippen molar-refractivity contribution in [3.8, 4) is 0 Å². The highest BCUT2D eigenvalue weighted by molar-refractivity contribution is 5.73. The van der Waals surface area contributed by atoms with Gasteiger partial charge in [0.2, 0.25) is 0 Å². The van der Waals surface area contributed by atoms with E-state index < -0.39 is 5.67 Å². The van der Waals surface area contributed by atoms with Gasteiger partial charge in [0.15, 0.2) is 5.67 Å². The van der Waals surface area contributed by atoms with Crippen molar-refractivity contribution in [1.29, 1.82) is 0 Å². The average molecular weight is 290 g/mol. The van der Waals surface area contributed by atoms with Crippen molar-refractivity contribution in [3.63, 3.8) is 0 Å². The van der Waals surface area contributed by atoms with Crippen LogP contribution in [0.2, 0.25) is 0 Å². The second-order valence-corrected chi connectivity index (χ2v) is 6.52. The maximum absolute atomic E-state index is 16.2. The van der Waals surface area contributed by atoms with Gasteiger partial charge in [-0.15, -0.1) is 0 Å². The lowest BCUT2D eigenvalue weighted by atomic mass is 9.72. The van der Waals surface area contributed by atoms with E-state index in [0.717, 1.165) is 27.8 Å². The molecule has 1 aromatic carbocycles. The number of rotatable bonds is 1. The zero-order valence-corrected chi connectivity index (χ0v) is 13.2. The summed E-state index contributed by atoms with van der Waals surface area (Å²) in [4.78, 5) is 0. The second-order valence-electron chi connectivity index (χ2n) is 6.52. The average Bonchev–Trinajstić information content (AvgIpc) is 2.98. The van der Waals surface area contributed by atoms with Gasteiger partial charge in [-0.3, -0.25) is 0 Å². The number of fused-ring (bicyclic) bond motifs is 2. The zero-order chi connectivity index (χ0) is 15.5. The molecule has 1 aromatic rings.